The average Bonchev–Trinajstić information content (AvgIpc) is 2.76. The second kappa shape index (κ2) is 5.14. The van der Waals surface area contributed by atoms with Gasteiger partial charge in [-0.15, -0.1) is 0 Å². The van der Waals surface area contributed by atoms with Crippen LogP contribution in [0.3, 0.4) is 0 Å². The summed E-state index contributed by atoms with van der Waals surface area (Å²) in [5.41, 5.74) is 0.673. The number of likely N-dealkylation sites (tertiary alicyclic amines) is 1. The van der Waals surface area contributed by atoms with E-state index in [-0.39, 0.29) is 11.9 Å². The first kappa shape index (κ1) is 14.4. The topological polar surface area (TPSA) is 40.5 Å². The number of benzene rings is 1. The third-order valence-electron chi connectivity index (χ3n) is 3.75. The molecule has 4 heteroatoms. The number of hydrogen-bond acceptors (Lipinski definition) is 2. The molecule has 1 aromatic carbocycles. The summed E-state index contributed by atoms with van der Waals surface area (Å²) in [6.07, 6.45) is 1.79. The fourth-order valence-corrected chi connectivity index (χ4v) is 2.99. The first-order valence-electron chi connectivity index (χ1n) is 6.60. The van der Waals surface area contributed by atoms with Gasteiger partial charge in [0.2, 0.25) is 0 Å². The number of hydrogen-bond donors (Lipinski definition) is 1. The molecule has 1 aromatic rings. The Morgan fingerprint density at radius 1 is 1.47 bits per heavy atom. The Balaban J connectivity index is 2.28. The number of amides is 1. The molecule has 0 radical (unpaired) electrons. The second-order valence-electron chi connectivity index (χ2n) is 5.77. The predicted octanol–water partition coefficient (Wildman–Crippen LogP) is 3.02. The van der Waals surface area contributed by atoms with Gasteiger partial charge in [-0.1, -0.05) is 11.6 Å². The number of carbonyl (C=O) groups excluding carboxylic acids is 1. The van der Waals surface area contributed by atoms with Crippen LogP contribution < -0.4 is 0 Å². The molecule has 0 aromatic heterocycles. The molecule has 0 aliphatic carbocycles. The molecule has 1 amide bonds. The molecule has 1 fully saturated rings. The van der Waals surface area contributed by atoms with Crippen LogP contribution in [0, 0.1) is 6.92 Å². The largest absolute Gasteiger partial charge is 0.388 e. The van der Waals surface area contributed by atoms with E-state index in [9.17, 15) is 9.90 Å². The molecule has 19 heavy (non-hydrogen) atoms. The van der Waals surface area contributed by atoms with Crippen molar-refractivity contribution in [3.8, 4) is 0 Å². The minimum atomic E-state index is -0.869. The van der Waals surface area contributed by atoms with Crippen LogP contribution in [0.1, 0.15) is 42.6 Å². The van der Waals surface area contributed by atoms with Crippen LogP contribution in [-0.2, 0) is 0 Å². The molecule has 0 bridgehead atoms. The van der Waals surface area contributed by atoms with Gasteiger partial charge in [0.25, 0.3) is 5.91 Å². The highest BCUT2D eigenvalue weighted by molar-refractivity contribution is 6.30. The highest BCUT2D eigenvalue weighted by atomic mass is 35.5. The van der Waals surface area contributed by atoms with Crippen molar-refractivity contribution in [3.63, 3.8) is 0 Å². The smallest absolute Gasteiger partial charge is 0.254 e. The van der Waals surface area contributed by atoms with Crippen molar-refractivity contribution in [2.24, 2.45) is 0 Å². The van der Waals surface area contributed by atoms with Crippen molar-refractivity contribution in [2.45, 2.75) is 45.3 Å². The van der Waals surface area contributed by atoms with Crippen molar-refractivity contribution in [1.82, 2.24) is 4.90 Å². The monoisotopic (exact) mass is 281 g/mol. The van der Waals surface area contributed by atoms with Crippen molar-refractivity contribution < 1.29 is 9.90 Å². The molecule has 0 saturated carbocycles. The molecule has 1 aliphatic heterocycles. The lowest BCUT2D eigenvalue weighted by Gasteiger charge is -2.34. The van der Waals surface area contributed by atoms with Crippen molar-refractivity contribution in [3.05, 3.63) is 34.3 Å². The maximum Gasteiger partial charge on any atom is 0.254 e. The van der Waals surface area contributed by atoms with Crippen LogP contribution in [-0.4, -0.2) is 34.1 Å². The summed E-state index contributed by atoms with van der Waals surface area (Å²) in [7, 11) is 0. The molecule has 1 N–H and O–H groups in total. The Kier molecular flexibility index (Phi) is 3.88. The van der Waals surface area contributed by atoms with Crippen LogP contribution in [0.15, 0.2) is 18.2 Å². The molecule has 0 unspecified atom stereocenters. The van der Waals surface area contributed by atoms with Gasteiger partial charge >= 0.3 is 0 Å². The van der Waals surface area contributed by atoms with Gasteiger partial charge in [0, 0.05) is 17.1 Å². The number of halogens is 1. The fraction of sp³-hybridized carbons (Fsp3) is 0.533. The lowest BCUT2D eigenvalue weighted by Crippen LogP contribution is -2.48. The van der Waals surface area contributed by atoms with Gasteiger partial charge < -0.3 is 10.0 Å². The molecule has 1 aliphatic rings. The number of aliphatic hydroxyl groups is 1. The SMILES string of the molecule is Cc1cc(Cl)ccc1C(=O)N1CCC[C@@H]1C(C)(C)O. The van der Waals surface area contributed by atoms with E-state index in [0.29, 0.717) is 17.1 Å². The molecule has 1 saturated heterocycles. The highest BCUT2D eigenvalue weighted by Gasteiger charge is 2.38. The summed E-state index contributed by atoms with van der Waals surface area (Å²) in [4.78, 5) is 14.4. The van der Waals surface area contributed by atoms with Gasteiger partial charge in [0.15, 0.2) is 0 Å². The standard InChI is InChI=1S/C15H20ClNO2/c1-10-9-11(16)6-7-12(10)14(18)17-8-4-5-13(17)15(2,3)19/h6-7,9,13,19H,4-5,8H2,1-3H3/t13-/m1/s1. The lowest BCUT2D eigenvalue weighted by molar-refractivity contribution is 0.000304. The Bertz CT molecular complexity index is 493. The Labute approximate surface area is 119 Å². The van der Waals surface area contributed by atoms with Crippen molar-refractivity contribution in [1.29, 1.82) is 0 Å². The van der Waals surface area contributed by atoms with E-state index in [1.165, 1.54) is 0 Å². The summed E-state index contributed by atoms with van der Waals surface area (Å²) < 4.78 is 0. The van der Waals surface area contributed by atoms with Crippen LogP contribution in [0.5, 0.6) is 0 Å². The molecule has 104 valence electrons. The van der Waals surface area contributed by atoms with Gasteiger partial charge in [-0.3, -0.25) is 4.79 Å². The van der Waals surface area contributed by atoms with E-state index in [4.69, 9.17) is 11.6 Å². The normalized spacial score (nSPS) is 19.8. The Morgan fingerprint density at radius 3 is 2.74 bits per heavy atom. The summed E-state index contributed by atoms with van der Waals surface area (Å²) in [6.45, 7) is 6.11. The third kappa shape index (κ3) is 2.93. The van der Waals surface area contributed by atoms with E-state index in [1.807, 2.05) is 6.92 Å². The van der Waals surface area contributed by atoms with Gasteiger partial charge in [-0.25, -0.2) is 0 Å². The summed E-state index contributed by atoms with van der Waals surface area (Å²) >= 11 is 5.92. The second-order valence-corrected chi connectivity index (χ2v) is 6.21. The van der Waals surface area contributed by atoms with Gasteiger partial charge in [0.1, 0.15) is 0 Å². The molecule has 2 rings (SSSR count). The lowest BCUT2D eigenvalue weighted by atomic mass is 9.96. The molecule has 3 nitrogen and oxygen atoms in total. The predicted molar refractivity (Wildman–Crippen MR) is 76.5 cm³/mol. The molecule has 1 atom stereocenters. The number of aryl methyl sites for hydroxylation is 1. The van der Waals surface area contributed by atoms with E-state index in [2.05, 4.69) is 0 Å². The quantitative estimate of drug-likeness (QED) is 0.905. The minimum absolute atomic E-state index is 0.0150. The van der Waals surface area contributed by atoms with E-state index in [0.717, 1.165) is 18.4 Å². The maximum atomic E-state index is 12.6. The molecule has 0 spiro atoms. The highest BCUT2D eigenvalue weighted by Crippen LogP contribution is 2.29. The molecular weight excluding hydrogens is 262 g/mol. The zero-order valence-electron chi connectivity index (χ0n) is 11.6. The van der Waals surface area contributed by atoms with E-state index < -0.39 is 5.60 Å². The summed E-state index contributed by atoms with van der Waals surface area (Å²) in [5.74, 6) is -0.0150. The zero-order valence-corrected chi connectivity index (χ0v) is 12.4. The van der Waals surface area contributed by atoms with E-state index in [1.54, 1.807) is 36.9 Å². The van der Waals surface area contributed by atoms with Crippen LogP contribution >= 0.6 is 11.6 Å². The van der Waals surface area contributed by atoms with Crippen molar-refractivity contribution in [2.75, 3.05) is 6.54 Å². The van der Waals surface area contributed by atoms with Gasteiger partial charge in [-0.05, 0) is 57.4 Å². The Hall–Kier alpha value is -1.06. The molecule has 1 heterocycles. The van der Waals surface area contributed by atoms with Crippen molar-refractivity contribution >= 4 is 17.5 Å². The molecular formula is C15H20ClNO2. The van der Waals surface area contributed by atoms with Gasteiger partial charge in [-0.2, -0.15) is 0 Å². The average molecular weight is 282 g/mol. The number of carbonyl (C=O) groups is 1. The first-order valence-corrected chi connectivity index (χ1v) is 6.98. The maximum absolute atomic E-state index is 12.6. The van der Waals surface area contributed by atoms with Crippen LogP contribution in [0.25, 0.3) is 0 Å². The summed E-state index contributed by atoms with van der Waals surface area (Å²) in [6, 6.07) is 5.18. The fourth-order valence-electron chi connectivity index (χ4n) is 2.77. The Morgan fingerprint density at radius 2 is 2.16 bits per heavy atom. The zero-order chi connectivity index (χ0) is 14.2. The number of rotatable bonds is 2. The van der Waals surface area contributed by atoms with Gasteiger partial charge in [0.05, 0.1) is 11.6 Å². The van der Waals surface area contributed by atoms with Crippen LogP contribution in [0.4, 0.5) is 0 Å². The third-order valence-corrected chi connectivity index (χ3v) is 3.98. The minimum Gasteiger partial charge on any atom is -0.388 e. The van der Waals surface area contributed by atoms with Crippen LogP contribution in [0.2, 0.25) is 5.02 Å². The van der Waals surface area contributed by atoms with E-state index >= 15 is 0 Å². The number of nitrogens with zero attached hydrogens (tertiary/aromatic N) is 1. The first-order chi connectivity index (χ1) is 8.80. The summed E-state index contributed by atoms with van der Waals surface area (Å²) in [5, 5.41) is 10.8.